The van der Waals surface area contributed by atoms with Crippen LogP contribution in [0.2, 0.25) is 10.0 Å². The number of halogens is 2. The number of ether oxygens (including phenoxy) is 2. The molecule has 2 aromatic rings. The molecule has 0 radical (unpaired) electrons. The molecule has 1 amide bonds. The molecular formula is C19H20Cl2N2O4. The first-order valence-electron chi connectivity index (χ1n) is 8.99. The average Bonchev–Trinajstić information content (AvgIpc) is 3.32. The lowest BCUT2D eigenvalue weighted by Gasteiger charge is -2.34. The Labute approximate surface area is 167 Å². The van der Waals surface area contributed by atoms with Gasteiger partial charge in [0.05, 0.1) is 23.3 Å². The van der Waals surface area contributed by atoms with Gasteiger partial charge in [0, 0.05) is 24.6 Å². The first-order valence-corrected chi connectivity index (χ1v) is 9.75. The van der Waals surface area contributed by atoms with Crippen LogP contribution in [0.15, 0.2) is 22.7 Å². The Morgan fingerprint density at radius 3 is 2.63 bits per heavy atom. The van der Waals surface area contributed by atoms with Crippen LogP contribution in [0.5, 0.6) is 0 Å². The molecule has 8 heteroatoms. The van der Waals surface area contributed by atoms with Crippen LogP contribution in [0.25, 0.3) is 11.3 Å². The third-order valence-electron chi connectivity index (χ3n) is 5.05. The minimum absolute atomic E-state index is 0.137. The van der Waals surface area contributed by atoms with Crippen LogP contribution in [0.3, 0.4) is 0 Å². The molecule has 2 aliphatic rings. The molecule has 3 heterocycles. The lowest BCUT2D eigenvalue weighted by molar-refractivity contribution is -0.0969. The zero-order valence-electron chi connectivity index (χ0n) is 14.9. The van der Waals surface area contributed by atoms with Crippen molar-refractivity contribution >= 4 is 29.1 Å². The largest absolute Gasteiger partial charge is 0.360 e. The van der Waals surface area contributed by atoms with E-state index in [-0.39, 0.29) is 18.1 Å². The molecule has 144 valence electrons. The molecule has 2 saturated heterocycles. The summed E-state index contributed by atoms with van der Waals surface area (Å²) in [6.45, 7) is 4.18. The molecule has 0 N–H and O–H groups in total. The van der Waals surface area contributed by atoms with Gasteiger partial charge >= 0.3 is 0 Å². The van der Waals surface area contributed by atoms with Gasteiger partial charge in [-0.05, 0) is 31.9 Å². The summed E-state index contributed by atoms with van der Waals surface area (Å²) in [7, 11) is 0. The van der Waals surface area contributed by atoms with Crippen molar-refractivity contribution in [1.29, 1.82) is 0 Å². The topological polar surface area (TPSA) is 64.8 Å². The van der Waals surface area contributed by atoms with Gasteiger partial charge in [-0.15, -0.1) is 0 Å². The molecule has 2 fully saturated rings. The zero-order chi connectivity index (χ0) is 19.0. The van der Waals surface area contributed by atoms with Crippen LogP contribution in [-0.2, 0) is 9.47 Å². The van der Waals surface area contributed by atoms with Gasteiger partial charge in [0.2, 0.25) is 0 Å². The van der Waals surface area contributed by atoms with Gasteiger partial charge in [0.25, 0.3) is 5.91 Å². The fourth-order valence-corrected chi connectivity index (χ4v) is 4.32. The lowest BCUT2D eigenvalue weighted by Crippen LogP contribution is -2.44. The smallest absolute Gasteiger partial charge is 0.259 e. The summed E-state index contributed by atoms with van der Waals surface area (Å²) >= 11 is 12.6. The van der Waals surface area contributed by atoms with Crippen LogP contribution >= 0.6 is 23.2 Å². The Morgan fingerprint density at radius 1 is 1.22 bits per heavy atom. The summed E-state index contributed by atoms with van der Waals surface area (Å²) in [4.78, 5) is 15.1. The molecule has 0 saturated carbocycles. The van der Waals surface area contributed by atoms with E-state index in [4.69, 9.17) is 37.2 Å². The number of aromatic nitrogens is 1. The van der Waals surface area contributed by atoms with Crippen LogP contribution in [0.1, 0.15) is 29.0 Å². The van der Waals surface area contributed by atoms with Gasteiger partial charge < -0.3 is 18.9 Å². The molecule has 1 aromatic carbocycles. The zero-order valence-corrected chi connectivity index (χ0v) is 16.4. The number of nitrogens with zero attached hydrogens (tertiary/aromatic N) is 2. The molecule has 1 aromatic heterocycles. The molecule has 0 bridgehead atoms. The number of likely N-dealkylation sites (tertiary alicyclic amines) is 1. The summed E-state index contributed by atoms with van der Waals surface area (Å²) in [5.74, 6) is 0.474. The Morgan fingerprint density at radius 2 is 1.93 bits per heavy atom. The van der Waals surface area contributed by atoms with E-state index in [1.54, 1.807) is 25.1 Å². The Kier molecular flexibility index (Phi) is 5.41. The van der Waals surface area contributed by atoms with E-state index < -0.39 is 0 Å². The number of hydrogen-bond acceptors (Lipinski definition) is 5. The van der Waals surface area contributed by atoms with E-state index in [0.717, 1.165) is 12.8 Å². The van der Waals surface area contributed by atoms with Crippen molar-refractivity contribution < 1.29 is 18.8 Å². The van der Waals surface area contributed by atoms with E-state index >= 15 is 0 Å². The number of carbonyl (C=O) groups is 1. The van der Waals surface area contributed by atoms with E-state index in [1.165, 1.54) is 0 Å². The number of amides is 1. The highest BCUT2D eigenvalue weighted by atomic mass is 35.5. The summed E-state index contributed by atoms with van der Waals surface area (Å²) in [6.07, 6.45) is 1.63. The normalized spacial score (nSPS) is 21.0. The number of benzene rings is 1. The molecule has 2 aliphatic heterocycles. The molecule has 1 atom stereocenters. The predicted octanol–water partition coefficient (Wildman–Crippen LogP) is 4.18. The van der Waals surface area contributed by atoms with Crippen molar-refractivity contribution in [3.05, 3.63) is 39.6 Å². The van der Waals surface area contributed by atoms with Crippen molar-refractivity contribution in [2.75, 3.05) is 26.3 Å². The van der Waals surface area contributed by atoms with Crippen LogP contribution < -0.4 is 0 Å². The second kappa shape index (κ2) is 7.80. The lowest BCUT2D eigenvalue weighted by atomic mass is 9.96. The molecule has 0 aliphatic carbocycles. The number of hydrogen-bond donors (Lipinski definition) is 0. The maximum Gasteiger partial charge on any atom is 0.259 e. The summed E-state index contributed by atoms with van der Waals surface area (Å²) in [5, 5.41) is 4.93. The quantitative estimate of drug-likeness (QED) is 0.758. The third kappa shape index (κ3) is 3.59. The van der Waals surface area contributed by atoms with Gasteiger partial charge in [-0.3, -0.25) is 4.79 Å². The fraction of sp³-hybridized carbons (Fsp3) is 0.474. The predicted molar refractivity (Wildman–Crippen MR) is 101 cm³/mol. The number of aryl methyl sites for hydroxylation is 1. The first-order chi connectivity index (χ1) is 13.1. The van der Waals surface area contributed by atoms with Gasteiger partial charge in [-0.2, -0.15) is 0 Å². The minimum atomic E-state index is -0.235. The monoisotopic (exact) mass is 410 g/mol. The van der Waals surface area contributed by atoms with Crippen molar-refractivity contribution in [2.45, 2.75) is 26.1 Å². The molecular weight excluding hydrogens is 391 g/mol. The average molecular weight is 411 g/mol. The second-order valence-electron chi connectivity index (χ2n) is 6.82. The van der Waals surface area contributed by atoms with Crippen molar-refractivity contribution in [2.24, 2.45) is 5.92 Å². The highest BCUT2D eigenvalue weighted by molar-refractivity contribution is 6.39. The Bertz CT molecular complexity index is 828. The standard InChI is InChI=1S/C19H20Cl2N2O4/c1-11-15(17(22-27-11)16-13(20)5-2-6-14(16)21)18(24)23-7-3-4-12(10-23)19-25-8-9-26-19/h2,5-6,12,19H,3-4,7-10H2,1H3. The van der Waals surface area contributed by atoms with Crippen molar-refractivity contribution in [1.82, 2.24) is 10.1 Å². The summed E-state index contributed by atoms with van der Waals surface area (Å²) in [5.41, 5.74) is 1.29. The Hall–Kier alpha value is -1.60. The molecule has 1 unspecified atom stereocenters. The highest BCUT2D eigenvalue weighted by Crippen LogP contribution is 2.37. The third-order valence-corrected chi connectivity index (χ3v) is 5.68. The van der Waals surface area contributed by atoms with Crippen molar-refractivity contribution in [3.8, 4) is 11.3 Å². The molecule has 4 rings (SSSR count). The SMILES string of the molecule is Cc1onc(-c2c(Cl)cccc2Cl)c1C(=O)N1CCCC(C2OCCO2)C1. The Balaban J connectivity index is 1.63. The first kappa shape index (κ1) is 18.7. The molecule has 0 spiro atoms. The van der Waals surface area contributed by atoms with Gasteiger partial charge in [0.15, 0.2) is 6.29 Å². The summed E-state index contributed by atoms with van der Waals surface area (Å²) in [6, 6.07) is 5.18. The molecule has 6 nitrogen and oxygen atoms in total. The maximum atomic E-state index is 13.3. The maximum absolute atomic E-state index is 13.3. The van der Waals surface area contributed by atoms with Gasteiger partial charge in [0.1, 0.15) is 17.0 Å². The highest BCUT2D eigenvalue weighted by Gasteiger charge is 2.35. The van der Waals surface area contributed by atoms with E-state index in [0.29, 0.717) is 58.9 Å². The van der Waals surface area contributed by atoms with E-state index in [1.807, 2.05) is 4.90 Å². The van der Waals surface area contributed by atoms with Gasteiger partial charge in [-0.25, -0.2) is 0 Å². The minimum Gasteiger partial charge on any atom is -0.360 e. The van der Waals surface area contributed by atoms with Crippen LogP contribution in [-0.4, -0.2) is 48.6 Å². The molecule has 27 heavy (non-hydrogen) atoms. The van der Waals surface area contributed by atoms with Gasteiger partial charge in [-0.1, -0.05) is 34.4 Å². The van der Waals surface area contributed by atoms with Crippen LogP contribution in [0, 0.1) is 12.8 Å². The van der Waals surface area contributed by atoms with E-state index in [2.05, 4.69) is 5.16 Å². The second-order valence-corrected chi connectivity index (χ2v) is 7.64. The summed E-state index contributed by atoms with van der Waals surface area (Å²) < 4.78 is 16.6. The van der Waals surface area contributed by atoms with E-state index in [9.17, 15) is 4.79 Å². The number of piperidine rings is 1. The van der Waals surface area contributed by atoms with Crippen LogP contribution in [0.4, 0.5) is 0 Å². The van der Waals surface area contributed by atoms with Crippen molar-refractivity contribution in [3.63, 3.8) is 0 Å². The number of rotatable bonds is 3. The fourth-order valence-electron chi connectivity index (χ4n) is 3.74. The number of carbonyl (C=O) groups excluding carboxylic acids is 1.